The summed E-state index contributed by atoms with van der Waals surface area (Å²) >= 11 is 0. The molecule has 0 radical (unpaired) electrons. The zero-order valence-corrected chi connectivity index (χ0v) is 8.90. The lowest BCUT2D eigenvalue weighted by molar-refractivity contribution is 0.112. The first-order valence-corrected chi connectivity index (χ1v) is 4.88. The molecule has 0 aliphatic carbocycles. The van der Waals surface area contributed by atoms with Gasteiger partial charge in [0.05, 0.1) is 0 Å². The van der Waals surface area contributed by atoms with Crippen molar-refractivity contribution in [1.29, 1.82) is 0 Å². The van der Waals surface area contributed by atoms with Gasteiger partial charge in [0, 0.05) is 25.3 Å². The van der Waals surface area contributed by atoms with Crippen LogP contribution < -0.4 is 4.90 Å². The summed E-state index contributed by atoms with van der Waals surface area (Å²) in [5.41, 5.74) is 1.72. The van der Waals surface area contributed by atoms with E-state index in [0.717, 1.165) is 28.3 Å². The summed E-state index contributed by atoms with van der Waals surface area (Å²) < 4.78 is 0. The predicted octanol–water partition coefficient (Wildman–Crippen LogP) is 2.72. The lowest BCUT2D eigenvalue weighted by Gasteiger charge is -2.16. The van der Waals surface area contributed by atoms with Gasteiger partial charge in [-0.3, -0.25) is 4.79 Å². The summed E-state index contributed by atoms with van der Waals surface area (Å²) in [4.78, 5) is 13.1. The Morgan fingerprint density at radius 1 is 1.07 bits per heavy atom. The van der Waals surface area contributed by atoms with E-state index in [1.165, 1.54) is 0 Å². The maximum Gasteiger partial charge on any atom is 0.152 e. The summed E-state index contributed by atoms with van der Waals surface area (Å²) in [5, 5.41) is 2.11. The van der Waals surface area contributed by atoms with Gasteiger partial charge in [0.1, 0.15) is 0 Å². The molecule has 0 bridgehead atoms. The molecule has 2 heteroatoms. The average molecular weight is 199 g/mol. The number of rotatable bonds is 2. The molecule has 2 nitrogen and oxygen atoms in total. The first kappa shape index (κ1) is 9.71. The van der Waals surface area contributed by atoms with Crippen molar-refractivity contribution in [3.05, 3.63) is 42.0 Å². The largest absolute Gasteiger partial charge is 0.377 e. The van der Waals surface area contributed by atoms with Gasteiger partial charge in [-0.15, -0.1) is 0 Å². The third kappa shape index (κ3) is 1.59. The van der Waals surface area contributed by atoms with Crippen molar-refractivity contribution in [1.82, 2.24) is 0 Å². The van der Waals surface area contributed by atoms with Crippen LogP contribution in [-0.4, -0.2) is 20.4 Å². The number of benzene rings is 2. The highest BCUT2D eigenvalue weighted by Gasteiger charge is 2.07. The Kier molecular flexibility index (Phi) is 2.42. The molecule has 0 amide bonds. The lowest BCUT2D eigenvalue weighted by Crippen LogP contribution is -2.11. The van der Waals surface area contributed by atoms with E-state index in [1.807, 2.05) is 55.4 Å². The number of fused-ring (bicyclic) bond motifs is 1. The Bertz CT molecular complexity index is 503. The summed E-state index contributed by atoms with van der Waals surface area (Å²) in [5.74, 6) is 0. The Labute approximate surface area is 89.1 Å². The average Bonchev–Trinajstić information content (AvgIpc) is 2.27. The highest BCUT2D eigenvalue weighted by atomic mass is 16.1. The van der Waals surface area contributed by atoms with Crippen molar-refractivity contribution in [2.75, 3.05) is 19.0 Å². The Balaban J connectivity index is 2.81. The minimum Gasteiger partial charge on any atom is -0.377 e. The van der Waals surface area contributed by atoms with E-state index < -0.39 is 0 Å². The lowest BCUT2D eigenvalue weighted by atomic mass is 10.0. The van der Waals surface area contributed by atoms with Gasteiger partial charge in [-0.25, -0.2) is 0 Å². The SMILES string of the molecule is CN(C)c1ccc2ccccc2c1C=O. The van der Waals surface area contributed by atoms with Crippen molar-refractivity contribution < 1.29 is 4.79 Å². The van der Waals surface area contributed by atoms with E-state index in [4.69, 9.17) is 0 Å². The summed E-state index contributed by atoms with van der Waals surface area (Å²) in [7, 11) is 3.88. The van der Waals surface area contributed by atoms with E-state index in [1.54, 1.807) is 0 Å². The normalized spacial score (nSPS) is 10.3. The molecule has 0 aromatic heterocycles. The van der Waals surface area contributed by atoms with E-state index in [-0.39, 0.29) is 0 Å². The minimum absolute atomic E-state index is 0.762. The van der Waals surface area contributed by atoms with Crippen molar-refractivity contribution in [2.24, 2.45) is 0 Å². The fraction of sp³-hybridized carbons (Fsp3) is 0.154. The van der Waals surface area contributed by atoms with Crippen LogP contribution in [0.25, 0.3) is 10.8 Å². The van der Waals surface area contributed by atoms with Gasteiger partial charge in [0.15, 0.2) is 6.29 Å². The molecule has 0 unspecified atom stereocenters. The van der Waals surface area contributed by atoms with Crippen LogP contribution in [0.1, 0.15) is 10.4 Å². The van der Waals surface area contributed by atoms with E-state index in [0.29, 0.717) is 0 Å². The van der Waals surface area contributed by atoms with Crippen molar-refractivity contribution in [3.8, 4) is 0 Å². The minimum atomic E-state index is 0.762. The first-order valence-electron chi connectivity index (χ1n) is 4.88. The maximum atomic E-state index is 11.1. The molecular weight excluding hydrogens is 186 g/mol. The topological polar surface area (TPSA) is 20.3 Å². The Morgan fingerprint density at radius 2 is 1.80 bits per heavy atom. The molecule has 0 spiro atoms. The summed E-state index contributed by atoms with van der Waals surface area (Å²) in [6, 6.07) is 11.9. The van der Waals surface area contributed by atoms with Crippen LogP contribution in [0, 0.1) is 0 Å². The number of hydrogen-bond donors (Lipinski definition) is 0. The van der Waals surface area contributed by atoms with Crippen LogP contribution in [0.15, 0.2) is 36.4 Å². The second kappa shape index (κ2) is 3.73. The molecule has 0 saturated heterocycles. The smallest absolute Gasteiger partial charge is 0.152 e. The third-order valence-corrected chi connectivity index (χ3v) is 2.55. The molecule has 0 atom stereocenters. The Hall–Kier alpha value is -1.83. The number of hydrogen-bond acceptors (Lipinski definition) is 2. The number of carbonyl (C=O) groups excluding carboxylic acids is 1. The molecule has 0 aliphatic rings. The second-order valence-corrected chi connectivity index (χ2v) is 3.73. The van der Waals surface area contributed by atoms with Crippen LogP contribution in [-0.2, 0) is 0 Å². The van der Waals surface area contributed by atoms with E-state index in [2.05, 4.69) is 0 Å². The van der Waals surface area contributed by atoms with E-state index in [9.17, 15) is 4.79 Å². The first-order chi connectivity index (χ1) is 7.24. The molecule has 0 aliphatic heterocycles. The van der Waals surface area contributed by atoms with Gasteiger partial charge in [-0.05, 0) is 16.8 Å². The van der Waals surface area contributed by atoms with Gasteiger partial charge in [0.25, 0.3) is 0 Å². The molecule has 2 aromatic rings. The standard InChI is InChI=1S/C13H13NO/c1-14(2)13-8-7-10-5-3-4-6-11(10)12(13)9-15/h3-9H,1-2H3. The third-order valence-electron chi connectivity index (χ3n) is 2.55. The summed E-state index contributed by atoms with van der Waals surface area (Å²) in [6.07, 6.45) is 0.928. The van der Waals surface area contributed by atoms with Crippen molar-refractivity contribution >= 4 is 22.7 Å². The van der Waals surface area contributed by atoms with Gasteiger partial charge in [-0.2, -0.15) is 0 Å². The van der Waals surface area contributed by atoms with Crippen molar-refractivity contribution in [3.63, 3.8) is 0 Å². The molecule has 15 heavy (non-hydrogen) atoms. The van der Waals surface area contributed by atoms with Crippen LogP contribution in [0.3, 0.4) is 0 Å². The second-order valence-electron chi connectivity index (χ2n) is 3.73. The highest BCUT2D eigenvalue weighted by Crippen LogP contribution is 2.26. The fourth-order valence-electron chi connectivity index (χ4n) is 1.80. The summed E-state index contributed by atoms with van der Waals surface area (Å²) in [6.45, 7) is 0. The zero-order chi connectivity index (χ0) is 10.8. The van der Waals surface area contributed by atoms with Gasteiger partial charge >= 0.3 is 0 Å². The monoisotopic (exact) mass is 199 g/mol. The number of nitrogens with zero attached hydrogens (tertiary/aromatic N) is 1. The molecule has 0 heterocycles. The van der Waals surface area contributed by atoms with E-state index >= 15 is 0 Å². The van der Waals surface area contributed by atoms with Gasteiger partial charge < -0.3 is 4.90 Å². The van der Waals surface area contributed by atoms with Crippen molar-refractivity contribution in [2.45, 2.75) is 0 Å². The highest BCUT2D eigenvalue weighted by molar-refractivity contribution is 6.03. The Morgan fingerprint density at radius 3 is 2.47 bits per heavy atom. The number of aldehydes is 1. The molecule has 2 rings (SSSR count). The number of anilines is 1. The molecule has 0 saturated carbocycles. The predicted molar refractivity (Wildman–Crippen MR) is 63.7 cm³/mol. The molecular formula is C13H13NO. The van der Waals surface area contributed by atoms with Gasteiger partial charge in [0.2, 0.25) is 0 Å². The molecule has 2 aromatic carbocycles. The van der Waals surface area contributed by atoms with Crippen LogP contribution in [0.4, 0.5) is 5.69 Å². The fourth-order valence-corrected chi connectivity index (χ4v) is 1.80. The maximum absolute atomic E-state index is 11.1. The van der Waals surface area contributed by atoms with Crippen LogP contribution in [0.2, 0.25) is 0 Å². The molecule has 76 valence electrons. The zero-order valence-electron chi connectivity index (χ0n) is 8.90. The van der Waals surface area contributed by atoms with Gasteiger partial charge in [-0.1, -0.05) is 30.3 Å². The number of carbonyl (C=O) groups is 1. The molecule has 0 N–H and O–H groups in total. The molecule has 0 fully saturated rings. The van der Waals surface area contributed by atoms with Crippen LogP contribution >= 0.6 is 0 Å². The quantitative estimate of drug-likeness (QED) is 0.693. The van der Waals surface area contributed by atoms with Crippen LogP contribution in [0.5, 0.6) is 0 Å².